The van der Waals surface area contributed by atoms with Crippen molar-refractivity contribution in [3.05, 3.63) is 64.5 Å². The highest BCUT2D eigenvalue weighted by atomic mass is 35.5. The van der Waals surface area contributed by atoms with Crippen LogP contribution in [-0.2, 0) is 4.79 Å². The average Bonchev–Trinajstić information content (AvgIpc) is 3.22. The van der Waals surface area contributed by atoms with Crippen molar-refractivity contribution >= 4 is 34.8 Å². The van der Waals surface area contributed by atoms with Crippen LogP contribution in [0.5, 0.6) is 0 Å². The van der Waals surface area contributed by atoms with Crippen LogP contribution in [0, 0.1) is 0 Å². The third kappa shape index (κ3) is 3.25. The van der Waals surface area contributed by atoms with Crippen LogP contribution in [0.1, 0.15) is 18.2 Å². The van der Waals surface area contributed by atoms with E-state index in [0.717, 1.165) is 11.3 Å². The zero-order valence-electron chi connectivity index (χ0n) is 13.0. The van der Waals surface area contributed by atoms with Gasteiger partial charge >= 0.3 is 0 Å². The maximum Gasteiger partial charge on any atom is 0.232 e. The Labute approximate surface area is 154 Å². The fraction of sp³-hybridized carbons (Fsp3) is 0.167. The minimum atomic E-state index is -0.139. The molecule has 0 saturated carbocycles. The Bertz CT molecular complexity index is 924. The van der Waals surface area contributed by atoms with E-state index in [2.05, 4.69) is 10.1 Å². The van der Waals surface area contributed by atoms with Crippen LogP contribution >= 0.6 is 23.2 Å². The number of benzene rings is 2. The normalized spacial score (nSPS) is 17.3. The molecule has 7 heteroatoms. The monoisotopic (exact) mass is 373 g/mol. The number of carbonyl (C=O) groups is 1. The molecule has 4 rings (SSSR count). The first-order chi connectivity index (χ1) is 12.1. The molecule has 25 heavy (non-hydrogen) atoms. The minimum absolute atomic E-state index is 0.0125. The Morgan fingerprint density at radius 1 is 1.08 bits per heavy atom. The van der Waals surface area contributed by atoms with Crippen molar-refractivity contribution in [2.75, 3.05) is 11.4 Å². The standard InChI is InChI=1S/C18H13Cl2N3O2/c19-13-6-4-11(5-7-13)17-21-18(25-22-17)12-8-16(24)23(10-12)15-3-1-2-14(20)9-15/h1-7,9,12H,8,10H2. The fourth-order valence-electron chi connectivity index (χ4n) is 2.88. The summed E-state index contributed by atoms with van der Waals surface area (Å²) in [5, 5.41) is 5.26. The highest BCUT2D eigenvalue weighted by Crippen LogP contribution is 2.32. The molecule has 0 N–H and O–H groups in total. The van der Waals surface area contributed by atoms with E-state index < -0.39 is 0 Å². The second kappa shape index (κ2) is 6.50. The van der Waals surface area contributed by atoms with Crippen molar-refractivity contribution in [3.8, 4) is 11.4 Å². The predicted octanol–water partition coefficient (Wildman–Crippen LogP) is 4.56. The molecule has 1 aromatic heterocycles. The molecule has 126 valence electrons. The SMILES string of the molecule is O=C1CC(c2nc(-c3ccc(Cl)cc3)no2)CN1c1cccc(Cl)c1. The lowest BCUT2D eigenvalue weighted by atomic mass is 10.1. The Hall–Kier alpha value is -2.37. The second-order valence-corrected chi connectivity index (χ2v) is 6.72. The lowest BCUT2D eigenvalue weighted by Crippen LogP contribution is -2.24. The molecule has 0 spiro atoms. The predicted molar refractivity (Wildman–Crippen MR) is 95.9 cm³/mol. The van der Waals surface area contributed by atoms with E-state index in [1.807, 2.05) is 24.3 Å². The largest absolute Gasteiger partial charge is 0.339 e. The average molecular weight is 374 g/mol. The molecule has 2 aromatic carbocycles. The summed E-state index contributed by atoms with van der Waals surface area (Å²) in [5.41, 5.74) is 1.59. The van der Waals surface area contributed by atoms with Gasteiger partial charge in [0.1, 0.15) is 0 Å². The molecule has 2 heterocycles. The molecule has 1 fully saturated rings. The van der Waals surface area contributed by atoms with Gasteiger partial charge in [-0.2, -0.15) is 4.98 Å². The Balaban J connectivity index is 1.55. The van der Waals surface area contributed by atoms with Crippen LogP contribution in [0.3, 0.4) is 0 Å². The molecule has 0 radical (unpaired) electrons. The van der Waals surface area contributed by atoms with Crippen molar-refractivity contribution in [2.24, 2.45) is 0 Å². The summed E-state index contributed by atoms with van der Waals surface area (Å²) in [5.74, 6) is 0.821. The third-order valence-electron chi connectivity index (χ3n) is 4.14. The molecule has 0 aliphatic carbocycles. The number of hydrogen-bond acceptors (Lipinski definition) is 4. The Morgan fingerprint density at radius 2 is 1.88 bits per heavy atom. The molecular formula is C18H13Cl2N3O2. The summed E-state index contributed by atoms with van der Waals surface area (Å²) in [6, 6.07) is 14.4. The molecular weight excluding hydrogens is 361 g/mol. The molecule has 5 nitrogen and oxygen atoms in total. The van der Waals surface area contributed by atoms with E-state index in [1.165, 1.54) is 0 Å². The molecule has 1 aliphatic heterocycles. The maximum atomic E-state index is 12.4. The van der Waals surface area contributed by atoms with E-state index in [-0.39, 0.29) is 11.8 Å². The van der Waals surface area contributed by atoms with E-state index in [4.69, 9.17) is 27.7 Å². The molecule has 3 aromatic rings. The van der Waals surface area contributed by atoms with Crippen molar-refractivity contribution in [1.82, 2.24) is 10.1 Å². The quantitative estimate of drug-likeness (QED) is 0.674. The van der Waals surface area contributed by atoms with Crippen molar-refractivity contribution in [2.45, 2.75) is 12.3 Å². The van der Waals surface area contributed by atoms with Gasteiger partial charge in [-0.3, -0.25) is 4.79 Å². The van der Waals surface area contributed by atoms with Crippen molar-refractivity contribution in [1.29, 1.82) is 0 Å². The number of amides is 1. The van der Waals surface area contributed by atoms with Gasteiger partial charge in [0.2, 0.25) is 17.6 Å². The number of hydrogen-bond donors (Lipinski definition) is 0. The number of rotatable bonds is 3. The smallest absolute Gasteiger partial charge is 0.232 e. The summed E-state index contributed by atoms with van der Waals surface area (Å²) in [7, 11) is 0. The van der Waals surface area contributed by atoms with Crippen LogP contribution in [0.2, 0.25) is 10.0 Å². The van der Waals surface area contributed by atoms with Gasteiger partial charge < -0.3 is 9.42 Å². The van der Waals surface area contributed by atoms with Crippen LogP contribution in [0.25, 0.3) is 11.4 Å². The van der Waals surface area contributed by atoms with Gasteiger partial charge in [-0.1, -0.05) is 34.4 Å². The number of carbonyl (C=O) groups excluding carboxylic acids is 1. The van der Waals surface area contributed by atoms with Gasteiger partial charge in [0.15, 0.2) is 0 Å². The second-order valence-electron chi connectivity index (χ2n) is 5.85. The Kier molecular flexibility index (Phi) is 4.19. The highest BCUT2D eigenvalue weighted by Gasteiger charge is 2.35. The highest BCUT2D eigenvalue weighted by molar-refractivity contribution is 6.31. The lowest BCUT2D eigenvalue weighted by Gasteiger charge is -2.16. The zero-order chi connectivity index (χ0) is 17.4. The number of nitrogens with zero attached hydrogens (tertiary/aromatic N) is 3. The van der Waals surface area contributed by atoms with E-state index in [1.54, 1.807) is 29.2 Å². The van der Waals surface area contributed by atoms with Crippen LogP contribution in [0.4, 0.5) is 5.69 Å². The zero-order valence-corrected chi connectivity index (χ0v) is 14.5. The molecule has 0 bridgehead atoms. The number of aromatic nitrogens is 2. The first kappa shape index (κ1) is 16.1. The topological polar surface area (TPSA) is 59.2 Å². The lowest BCUT2D eigenvalue weighted by molar-refractivity contribution is -0.117. The summed E-state index contributed by atoms with van der Waals surface area (Å²) >= 11 is 11.9. The summed E-state index contributed by atoms with van der Waals surface area (Å²) < 4.78 is 5.39. The van der Waals surface area contributed by atoms with Gasteiger partial charge in [-0.05, 0) is 42.5 Å². The van der Waals surface area contributed by atoms with Crippen molar-refractivity contribution in [3.63, 3.8) is 0 Å². The van der Waals surface area contributed by atoms with Gasteiger partial charge in [-0.25, -0.2) is 0 Å². The van der Waals surface area contributed by atoms with E-state index in [9.17, 15) is 4.79 Å². The Morgan fingerprint density at radius 3 is 2.64 bits per heavy atom. The van der Waals surface area contributed by atoms with Crippen molar-refractivity contribution < 1.29 is 9.32 Å². The summed E-state index contributed by atoms with van der Waals surface area (Å²) in [4.78, 5) is 18.5. The first-order valence-electron chi connectivity index (χ1n) is 7.75. The number of anilines is 1. The van der Waals surface area contributed by atoms with E-state index in [0.29, 0.717) is 34.7 Å². The number of halogens is 2. The molecule has 1 saturated heterocycles. The van der Waals surface area contributed by atoms with Gasteiger partial charge in [0, 0.05) is 34.3 Å². The molecule has 1 unspecified atom stereocenters. The third-order valence-corrected chi connectivity index (χ3v) is 4.63. The van der Waals surface area contributed by atoms with Gasteiger partial charge in [-0.15, -0.1) is 0 Å². The van der Waals surface area contributed by atoms with E-state index >= 15 is 0 Å². The fourth-order valence-corrected chi connectivity index (χ4v) is 3.19. The van der Waals surface area contributed by atoms with Crippen LogP contribution < -0.4 is 4.90 Å². The van der Waals surface area contributed by atoms with Gasteiger partial charge in [0.05, 0.1) is 5.92 Å². The molecule has 1 amide bonds. The maximum absolute atomic E-state index is 12.4. The molecule has 1 atom stereocenters. The van der Waals surface area contributed by atoms with Gasteiger partial charge in [0.25, 0.3) is 0 Å². The summed E-state index contributed by atoms with van der Waals surface area (Å²) in [6.07, 6.45) is 0.328. The summed E-state index contributed by atoms with van der Waals surface area (Å²) in [6.45, 7) is 0.488. The molecule has 1 aliphatic rings. The first-order valence-corrected chi connectivity index (χ1v) is 8.51. The minimum Gasteiger partial charge on any atom is -0.339 e. The van der Waals surface area contributed by atoms with Crippen LogP contribution in [-0.4, -0.2) is 22.6 Å². The van der Waals surface area contributed by atoms with Crippen LogP contribution in [0.15, 0.2) is 53.1 Å².